The Morgan fingerprint density at radius 1 is 0.857 bits per heavy atom. The molecule has 0 atom stereocenters. The molecule has 0 N–H and O–H groups in total. The van der Waals surface area contributed by atoms with E-state index in [-0.39, 0.29) is 0 Å². The van der Waals surface area contributed by atoms with Crippen LogP contribution in [0.25, 0.3) is 27.7 Å². The molecule has 0 aliphatic rings. The number of pyridine rings is 1. The minimum atomic E-state index is 0.701. The molecule has 0 aliphatic carbocycles. The number of aromatic nitrogens is 2. The molecule has 0 unspecified atom stereocenters. The lowest BCUT2D eigenvalue weighted by molar-refractivity contribution is -0.514. The molecule has 0 radical (unpaired) electrons. The van der Waals surface area contributed by atoms with Gasteiger partial charge in [-0.15, -0.1) is 0 Å². The van der Waals surface area contributed by atoms with E-state index in [4.69, 9.17) is 16.6 Å². The Morgan fingerprint density at radius 3 is 2.67 bits per heavy atom. The number of nitrogens with zero attached hydrogens (tertiary/aromatic N) is 2. The summed E-state index contributed by atoms with van der Waals surface area (Å²) in [4.78, 5) is 4.74. The Labute approximate surface area is 127 Å². The fourth-order valence-corrected chi connectivity index (χ4v) is 2.78. The van der Waals surface area contributed by atoms with E-state index in [9.17, 15) is 0 Å². The van der Waals surface area contributed by atoms with Gasteiger partial charge in [-0.1, -0.05) is 48.0 Å². The van der Waals surface area contributed by atoms with Crippen LogP contribution in [-0.2, 0) is 0 Å². The van der Waals surface area contributed by atoms with E-state index in [1.807, 2.05) is 35.0 Å². The van der Waals surface area contributed by atoms with Gasteiger partial charge in [0.15, 0.2) is 5.69 Å². The fraction of sp³-hybridized carbons (Fsp3) is 0. The maximum Gasteiger partial charge on any atom is 0.328 e. The highest BCUT2D eigenvalue weighted by Crippen LogP contribution is 2.26. The summed E-state index contributed by atoms with van der Waals surface area (Å²) >= 11 is 6.00. The van der Waals surface area contributed by atoms with Gasteiger partial charge in [-0.3, -0.25) is 0 Å². The number of hydrogen-bond acceptors (Lipinski definition) is 1. The first-order valence-electron chi connectivity index (χ1n) is 6.77. The van der Waals surface area contributed by atoms with Crippen LogP contribution in [0.1, 0.15) is 0 Å². The maximum atomic E-state index is 6.00. The van der Waals surface area contributed by atoms with Gasteiger partial charge in [0.05, 0.1) is 5.02 Å². The Hall–Kier alpha value is -2.45. The molecule has 0 saturated carbocycles. The Balaban J connectivity index is 1.98. The number of rotatable bonds is 1. The standard InChI is InChI=1S/C18H12ClN2/c19-14-8-9-18-20-17(10-11-21(18)12-14)16-7-3-5-13-4-1-2-6-15(13)16/h1-12H/q+1. The van der Waals surface area contributed by atoms with Crippen LogP contribution in [-0.4, -0.2) is 4.98 Å². The van der Waals surface area contributed by atoms with Crippen LogP contribution >= 0.6 is 11.6 Å². The van der Waals surface area contributed by atoms with Crippen LogP contribution in [0.5, 0.6) is 0 Å². The molecule has 21 heavy (non-hydrogen) atoms. The van der Waals surface area contributed by atoms with Gasteiger partial charge < -0.3 is 0 Å². The van der Waals surface area contributed by atoms with Crippen molar-refractivity contribution in [2.75, 3.05) is 0 Å². The van der Waals surface area contributed by atoms with Gasteiger partial charge in [-0.2, -0.15) is 0 Å². The predicted octanol–water partition coefficient (Wildman–Crippen LogP) is 4.29. The van der Waals surface area contributed by atoms with Crippen LogP contribution in [0.15, 0.2) is 73.1 Å². The Kier molecular flexibility index (Phi) is 2.83. The highest BCUT2D eigenvalue weighted by atomic mass is 35.5. The molecule has 0 aliphatic heterocycles. The van der Waals surface area contributed by atoms with E-state index in [2.05, 4.69) is 42.5 Å². The van der Waals surface area contributed by atoms with Crippen molar-refractivity contribution in [3.05, 3.63) is 78.1 Å². The second kappa shape index (κ2) is 4.83. The molecule has 2 nitrogen and oxygen atoms in total. The van der Waals surface area contributed by atoms with Gasteiger partial charge in [0.25, 0.3) is 0 Å². The quantitative estimate of drug-likeness (QED) is 0.478. The van der Waals surface area contributed by atoms with Crippen LogP contribution in [0.2, 0.25) is 5.02 Å². The van der Waals surface area contributed by atoms with E-state index in [0.717, 1.165) is 16.9 Å². The molecule has 2 heterocycles. The summed E-state index contributed by atoms with van der Waals surface area (Å²) in [5, 5.41) is 3.14. The first-order chi connectivity index (χ1) is 10.3. The minimum Gasteiger partial charge on any atom is -0.202 e. The molecule has 4 rings (SSSR count). The summed E-state index contributed by atoms with van der Waals surface area (Å²) in [6, 6.07) is 20.5. The summed E-state index contributed by atoms with van der Waals surface area (Å²) < 4.78 is 1.93. The van der Waals surface area contributed by atoms with Gasteiger partial charge in [0.2, 0.25) is 0 Å². The third-order valence-corrected chi connectivity index (χ3v) is 3.84. The molecule has 4 aromatic rings. The van der Waals surface area contributed by atoms with Gasteiger partial charge in [0, 0.05) is 17.7 Å². The molecule has 0 fully saturated rings. The average Bonchev–Trinajstić information content (AvgIpc) is 2.54. The van der Waals surface area contributed by atoms with Crippen LogP contribution in [0, 0.1) is 0 Å². The Morgan fingerprint density at radius 2 is 1.71 bits per heavy atom. The van der Waals surface area contributed by atoms with E-state index >= 15 is 0 Å². The second-order valence-corrected chi connectivity index (χ2v) is 5.39. The number of halogens is 1. The SMILES string of the molecule is Clc1ccc2nc(-c3cccc4ccccc34)cc[n+]2c1. The van der Waals surface area contributed by atoms with E-state index in [1.165, 1.54) is 10.8 Å². The molecular weight excluding hydrogens is 280 g/mol. The smallest absolute Gasteiger partial charge is 0.202 e. The van der Waals surface area contributed by atoms with E-state index < -0.39 is 0 Å². The van der Waals surface area contributed by atoms with Crippen molar-refractivity contribution < 1.29 is 4.40 Å². The monoisotopic (exact) mass is 291 g/mol. The Bertz CT molecular complexity index is 958. The molecule has 0 amide bonds. The second-order valence-electron chi connectivity index (χ2n) is 4.95. The molecule has 3 heteroatoms. The molecule has 0 spiro atoms. The van der Waals surface area contributed by atoms with Gasteiger partial charge in [-0.05, 0) is 27.9 Å². The predicted molar refractivity (Wildman–Crippen MR) is 85.3 cm³/mol. The third-order valence-electron chi connectivity index (χ3n) is 3.61. The summed E-state index contributed by atoms with van der Waals surface area (Å²) in [7, 11) is 0. The summed E-state index contributed by atoms with van der Waals surface area (Å²) in [6.45, 7) is 0. The zero-order valence-electron chi connectivity index (χ0n) is 11.2. The van der Waals surface area contributed by atoms with Crippen molar-refractivity contribution in [1.29, 1.82) is 0 Å². The summed E-state index contributed by atoms with van der Waals surface area (Å²) in [5.41, 5.74) is 2.99. The minimum absolute atomic E-state index is 0.701. The molecule has 0 bridgehead atoms. The zero-order chi connectivity index (χ0) is 14.2. The van der Waals surface area contributed by atoms with Gasteiger partial charge in [-0.25, -0.2) is 4.40 Å². The molecular formula is C18H12ClN2+. The summed E-state index contributed by atoms with van der Waals surface area (Å²) in [5.74, 6) is 0. The van der Waals surface area contributed by atoms with Gasteiger partial charge >= 0.3 is 5.65 Å². The zero-order valence-corrected chi connectivity index (χ0v) is 12.0. The molecule has 100 valence electrons. The average molecular weight is 292 g/mol. The van der Waals surface area contributed by atoms with Crippen molar-refractivity contribution in [2.24, 2.45) is 0 Å². The lowest BCUT2D eigenvalue weighted by Crippen LogP contribution is -2.21. The maximum absolute atomic E-state index is 6.00. The van der Waals surface area contributed by atoms with Crippen LogP contribution in [0.4, 0.5) is 0 Å². The topological polar surface area (TPSA) is 17.0 Å². The normalized spacial score (nSPS) is 11.1. The first-order valence-corrected chi connectivity index (χ1v) is 7.15. The third kappa shape index (κ3) is 2.14. The highest BCUT2D eigenvalue weighted by molar-refractivity contribution is 6.30. The van der Waals surface area contributed by atoms with Crippen molar-refractivity contribution in [2.45, 2.75) is 0 Å². The van der Waals surface area contributed by atoms with Crippen molar-refractivity contribution in [3.63, 3.8) is 0 Å². The van der Waals surface area contributed by atoms with E-state index in [1.54, 1.807) is 0 Å². The lowest BCUT2D eigenvalue weighted by atomic mass is 10.0. The number of fused-ring (bicyclic) bond motifs is 2. The van der Waals surface area contributed by atoms with Crippen LogP contribution < -0.4 is 4.40 Å². The number of benzene rings is 2. The lowest BCUT2D eigenvalue weighted by Gasteiger charge is -2.03. The van der Waals surface area contributed by atoms with Gasteiger partial charge in [0.1, 0.15) is 12.4 Å². The van der Waals surface area contributed by atoms with Crippen LogP contribution in [0.3, 0.4) is 0 Å². The summed E-state index contributed by atoms with van der Waals surface area (Å²) in [6.07, 6.45) is 3.85. The van der Waals surface area contributed by atoms with Crippen molar-refractivity contribution in [1.82, 2.24) is 4.98 Å². The number of hydrogen-bond donors (Lipinski definition) is 0. The van der Waals surface area contributed by atoms with Crippen molar-refractivity contribution in [3.8, 4) is 11.3 Å². The molecule has 2 aromatic heterocycles. The largest absolute Gasteiger partial charge is 0.328 e. The highest BCUT2D eigenvalue weighted by Gasteiger charge is 2.12. The molecule has 2 aromatic carbocycles. The fourth-order valence-electron chi connectivity index (χ4n) is 2.61. The first kappa shape index (κ1) is 12.3. The molecule has 0 saturated heterocycles. The van der Waals surface area contributed by atoms with Crippen molar-refractivity contribution >= 4 is 28.0 Å². The van der Waals surface area contributed by atoms with E-state index in [0.29, 0.717) is 5.02 Å².